The van der Waals surface area contributed by atoms with Gasteiger partial charge in [-0.1, -0.05) is 67.1 Å². The molecule has 1 unspecified atom stereocenters. The molecule has 0 bridgehead atoms. The Hall–Kier alpha value is -1.31. The van der Waals surface area contributed by atoms with Crippen molar-refractivity contribution in [3.63, 3.8) is 0 Å². The van der Waals surface area contributed by atoms with Gasteiger partial charge < -0.3 is 4.90 Å². The third-order valence-electron chi connectivity index (χ3n) is 4.49. The first-order valence-electron chi connectivity index (χ1n) is 7.95. The van der Waals surface area contributed by atoms with Crippen molar-refractivity contribution in [3.05, 3.63) is 70.7 Å². The van der Waals surface area contributed by atoms with Crippen molar-refractivity contribution in [2.75, 3.05) is 20.6 Å². The summed E-state index contributed by atoms with van der Waals surface area (Å²) in [6.07, 6.45) is 3.27. The summed E-state index contributed by atoms with van der Waals surface area (Å²) < 4.78 is 0. The maximum atomic E-state index is 6.32. The molecular formula is C20H26ClN. The topological polar surface area (TPSA) is 3.24 Å². The van der Waals surface area contributed by atoms with Gasteiger partial charge in [0.2, 0.25) is 0 Å². The van der Waals surface area contributed by atoms with Crippen LogP contribution in [0.3, 0.4) is 0 Å². The van der Waals surface area contributed by atoms with E-state index in [2.05, 4.69) is 68.4 Å². The second-order valence-electron chi connectivity index (χ2n) is 6.57. The lowest BCUT2D eigenvalue weighted by Gasteiger charge is -2.32. The molecule has 118 valence electrons. The van der Waals surface area contributed by atoms with Crippen molar-refractivity contribution in [1.29, 1.82) is 0 Å². The first-order chi connectivity index (χ1) is 10.5. The molecule has 0 amide bonds. The van der Waals surface area contributed by atoms with Gasteiger partial charge in [-0.3, -0.25) is 0 Å². The molecule has 0 radical (unpaired) electrons. The molecule has 22 heavy (non-hydrogen) atoms. The predicted octanol–water partition coefficient (Wildman–Crippen LogP) is 5.18. The molecule has 0 N–H and O–H groups in total. The number of rotatable bonds is 7. The number of aryl methyl sites for hydroxylation is 1. The lowest BCUT2D eigenvalue weighted by Crippen LogP contribution is -2.28. The summed E-state index contributed by atoms with van der Waals surface area (Å²) in [5.41, 5.74) is 2.84. The highest BCUT2D eigenvalue weighted by molar-refractivity contribution is 6.31. The van der Waals surface area contributed by atoms with E-state index >= 15 is 0 Å². The average Bonchev–Trinajstić information content (AvgIpc) is 2.53. The Morgan fingerprint density at radius 3 is 2.18 bits per heavy atom. The molecule has 2 aromatic carbocycles. The van der Waals surface area contributed by atoms with Crippen LogP contribution in [0, 0.1) is 0 Å². The van der Waals surface area contributed by atoms with Gasteiger partial charge in [0.1, 0.15) is 0 Å². The zero-order valence-electron chi connectivity index (χ0n) is 13.8. The number of benzene rings is 2. The van der Waals surface area contributed by atoms with Crippen LogP contribution < -0.4 is 0 Å². The van der Waals surface area contributed by atoms with E-state index in [1.165, 1.54) is 11.1 Å². The van der Waals surface area contributed by atoms with Crippen molar-refractivity contribution in [2.24, 2.45) is 0 Å². The maximum Gasteiger partial charge on any atom is 0.0437 e. The average molecular weight is 316 g/mol. The molecule has 0 heterocycles. The highest BCUT2D eigenvalue weighted by Gasteiger charge is 2.26. The Kier molecular flexibility index (Phi) is 6.05. The van der Waals surface area contributed by atoms with E-state index in [0.717, 1.165) is 30.8 Å². The second kappa shape index (κ2) is 7.80. The molecule has 0 fully saturated rings. The Morgan fingerprint density at radius 2 is 1.55 bits per heavy atom. The van der Waals surface area contributed by atoms with E-state index in [4.69, 9.17) is 11.6 Å². The van der Waals surface area contributed by atoms with Gasteiger partial charge in [0.15, 0.2) is 0 Å². The van der Waals surface area contributed by atoms with Crippen molar-refractivity contribution in [3.8, 4) is 0 Å². The minimum absolute atomic E-state index is 0.171. The van der Waals surface area contributed by atoms with Gasteiger partial charge in [-0.25, -0.2) is 0 Å². The molecule has 2 rings (SSSR count). The van der Waals surface area contributed by atoms with Crippen molar-refractivity contribution in [1.82, 2.24) is 4.90 Å². The zero-order chi connectivity index (χ0) is 16.0. The normalized spacial score (nSPS) is 14.0. The summed E-state index contributed by atoms with van der Waals surface area (Å²) in [5.74, 6) is 0. The largest absolute Gasteiger partial charge is 0.309 e. The maximum absolute atomic E-state index is 6.32. The summed E-state index contributed by atoms with van der Waals surface area (Å²) in [5, 5.41) is 0.880. The van der Waals surface area contributed by atoms with Gasteiger partial charge in [0, 0.05) is 5.02 Å². The SMILES string of the molecule is CN(C)CCC(C)(CCc1ccccc1Cl)c1ccccc1. The Labute approximate surface area is 139 Å². The number of nitrogens with zero attached hydrogens (tertiary/aromatic N) is 1. The summed E-state index contributed by atoms with van der Waals surface area (Å²) in [6.45, 7) is 3.47. The van der Waals surface area contributed by atoms with Gasteiger partial charge >= 0.3 is 0 Å². The van der Waals surface area contributed by atoms with Crippen LogP contribution in [-0.4, -0.2) is 25.5 Å². The molecule has 0 saturated heterocycles. The summed E-state index contributed by atoms with van der Waals surface area (Å²) in [7, 11) is 4.28. The van der Waals surface area contributed by atoms with E-state index in [1.807, 2.05) is 12.1 Å². The highest BCUT2D eigenvalue weighted by atomic mass is 35.5. The van der Waals surface area contributed by atoms with Crippen LogP contribution in [0.4, 0.5) is 0 Å². The molecular weight excluding hydrogens is 290 g/mol. The van der Waals surface area contributed by atoms with Crippen LogP contribution in [0.25, 0.3) is 0 Å². The van der Waals surface area contributed by atoms with E-state index < -0.39 is 0 Å². The zero-order valence-corrected chi connectivity index (χ0v) is 14.6. The fourth-order valence-electron chi connectivity index (χ4n) is 2.84. The third kappa shape index (κ3) is 4.59. The molecule has 2 heteroatoms. The van der Waals surface area contributed by atoms with E-state index in [-0.39, 0.29) is 5.41 Å². The number of halogens is 1. The molecule has 0 aliphatic heterocycles. The monoisotopic (exact) mass is 315 g/mol. The van der Waals surface area contributed by atoms with Crippen LogP contribution in [0.5, 0.6) is 0 Å². The first-order valence-corrected chi connectivity index (χ1v) is 8.33. The van der Waals surface area contributed by atoms with Crippen LogP contribution >= 0.6 is 11.6 Å². The third-order valence-corrected chi connectivity index (χ3v) is 4.85. The van der Waals surface area contributed by atoms with Crippen LogP contribution in [0.2, 0.25) is 5.02 Å². The number of hydrogen-bond donors (Lipinski definition) is 0. The minimum Gasteiger partial charge on any atom is -0.309 e. The predicted molar refractivity (Wildman–Crippen MR) is 96.7 cm³/mol. The van der Waals surface area contributed by atoms with E-state index in [9.17, 15) is 0 Å². The lowest BCUT2D eigenvalue weighted by molar-refractivity contribution is 0.315. The van der Waals surface area contributed by atoms with Gasteiger partial charge in [-0.2, -0.15) is 0 Å². The molecule has 0 aliphatic carbocycles. The Bertz CT molecular complexity index is 579. The molecule has 2 aromatic rings. The minimum atomic E-state index is 0.171. The van der Waals surface area contributed by atoms with Crippen molar-refractivity contribution < 1.29 is 0 Å². The highest BCUT2D eigenvalue weighted by Crippen LogP contribution is 2.33. The fraction of sp³-hybridized carbons (Fsp3) is 0.400. The quantitative estimate of drug-likeness (QED) is 0.680. The van der Waals surface area contributed by atoms with E-state index in [1.54, 1.807) is 0 Å². The van der Waals surface area contributed by atoms with Gasteiger partial charge in [0.05, 0.1) is 0 Å². The van der Waals surface area contributed by atoms with Crippen LogP contribution in [0.1, 0.15) is 30.9 Å². The summed E-state index contributed by atoms with van der Waals surface area (Å²) in [4.78, 5) is 2.26. The van der Waals surface area contributed by atoms with Crippen LogP contribution in [0.15, 0.2) is 54.6 Å². The fourth-order valence-corrected chi connectivity index (χ4v) is 3.07. The van der Waals surface area contributed by atoms with Gasteiger partial charge in [-0.05, 0) is 62.5 Å². The standard InChI is InChI=1S/C20H26ClN/c1-20(15-16-22(2)3,18-10-5-4-6-11-18)14-13-17-9-7-8-12-19(17)21/h4-12H,13-16H2,1-3H3. The Morgan fingerprint density at radius 1 is 0.909 bits per heavy atom. The summed E-state index contributed by atoms with van der Waals surface area (Å²) in [6, 6.07) is 19.1. The molecule has 1 atom stereocenters. The second-order valence-corrected chi connectivity index (χ2v) is 6.98. The molecule has 0 aromatic heterocycles. The van der Waals surface area contributed by atoms with Gasteiger partial charge in [0.25, 0.3) is 0 Å². The molecule has 0 spiro atoms. The summed E-state index contributed by atoms with van der Waals surface area (Å²) >= 11 is 6.32. The number of hydrogen-bond acceptors (Lipinski definition) is 1. The van der Waals surface area contributed by atoms with E-state index in [0.29, 0.717) is 0 Å². The molecule has 0 aliphatic rings. The van der Waals surface area contributed by atoms with Gasteiger partial charge in [-0.15, -0.1) is 0 Å². The van der Waals surface area contributed by atoms with Crippen molar-refractivity contribution in [2.45, 2.75) is 31.6 Å². The lowest BCUT2D eigenvalue weighted by atomic mass is 9.75. The molecule has 1 nitrogen and oxygen atoms in total. The van der Waals surface area contributed by atoms with Crippen LogP contribution in [-0.2, 0) is 11.8 Å². The Balaban J connectivity index is 2.16. The molecule has 0 saturated carbocycles. The smallest absolute Gasteiger partial charge is 0.0437 e. The first kappa shape index (κ1) is 17.1. The van der Waals surface area contributed by atoms with Crippen molar-refractivity contribution >= 4 is 11.6 Å².